The van der Waals surface area contributed by atoms with Gasteiger partial charge < -0.3 is 4.74 Å². The number of benzene rings is 2. The van der Waals surface area contributed by atoms with Crippen LogP contribution in [0.4, 0.5) is 5.69 Å². The molecular formula is C16H10N5O. The number of nitrogens with one attached hydrogen (secondary N) is 1. The molecule has 0 aliphatic carbocycles. The minimum atomic E-state index is 0.365. The molecule has 2 aromatic carbocycles. The van der Waals surface area contributed by atoms with Crippen LogP contribution in [-0.4, -0.2) is 23.5 Å². The van der Waals surface area contributed by atoms with E-state index in [9.17, 15) is 5.26 Å². The first-order valence-corrected chi connectivity index (χ1v) is 6.65. The fourth-order valence-electron chi connectivity index (χ4n) is 2.66. The average Bonchev–Trinajstić information content (AvgIpc) is 3.20. The second-order valence-electron chi connectivity index (χ2n) is 4.86. The Bertz CT molecular complexity index is 947. The molecule has 1 radical (unpaired) electrons. The molecule has 3 aromatic rings. The van der Waals surface area contributed by atoms with Crippen LogP contribution in [0.25, 0.3) is 22.0 Å². The summed E-state index contributed by atoms with van der Waals surface area (Å²) in [6.07, 6.45) is 1.68. The second kappa shape index (κ2) is 4.60. The summed E-state index contributed by atoms with van der Waals surface area (Å²) in [4.78, 5) is 0. The number of nitrogens with zero attached hydrogens (tertiary/aromatic N) is 4. The fourth-order valence-corrected chi connectivity index (χ4v) is 2.66. The van der Waals surface area contributed by atoms with E-state index >= 15 is 0 Å². The number of methoxy groups -OCH3 is 1. The van der Waals surface area contributed by atoms with E-state index in [-0.39, 0.29) is 0 Å². The van der Waals surface area contributed by atoms with Crippen LogP contribution >= 0.6 is 0 Å². The summed E-state index contributed by atoms with van der Waals surface area (Å²) in [5, 5.41) is 21.1. The van der Waals surface area contributed by atoms with Crippen LogP contribution in [0.5, 0.6) is 5.75 Å². The number of ether oxygens (including phenoxy) is 1. The highest BCUT2D eigenvalue weighted by molar-refractivity contribution is 6.11. The monoisotopic (exact) mass is 288 g/mol. The smallest absolute Gasteiger partial charge is 0.170 e. The van der Waals surface area contributed by atoms with Crippen molar-refractivity contribution in [1.82, 2.24) is 15.6 Å². The number of fused-ring (bicyclic) bond motifs is 3. The third-order valence-corrected chi connectivity index (χ3v) is 3.72. The van der Waals surface area contributed by atoms with Crippen molar-refractivity contribution in [3.63, 3.8) is 0 Å². The van der Waals surface area contributed by atoms with Crippen molar-refractivity contribution in [3.05, 3.63) is 41.6 Å². The lowest BCUT2D eigenvalue weighted by molar-refractivity contribution is 0.415. The van der Waals surface area contributed by atoms with Gasteiger partial charge in [0, 0.05) is 10.9 Å². The maximum absolute atomic E-state index is 9.32. The second-order valence-corrected chi connectivity index (χ2v) is 4.86. The largest absolute Gasteiger partial charge is 0.497 e. The van der Waals surface area contributed by atoms with Gasteiger partial charge in [-0.3, -0.25) is 5.10 Å². The van der Waals surface area contributed by atoms with Crippen LogP contribution in [-0.2, 0) is 0 Å². The topological polar surface area (TPSA) is 88.2 Å². The van der Waals surface area contributed by atoms with E-state index in [0.717, 1.165) is 39.0 Å². The third-order valence-electron chi connectivity index (χ3n) is 3.72. The number of hydrogen-bond acceptors (Lipinski definition) is 4. The molecule has 0 saturated heterocycles. The highest BCUT2D eigenvalue weighted by Crippen LogP contribution is 2.37. The maximum atomic E-state index is 9.32. The molecule has 105 valence electrons. The van der Waals surface area contributed by atoms with Crippen LogP contribution in [0.15, 0.2) is 35.4 Å². The fraction of sp³-hybridized carbons (Fsp3) is 0.0625. The molecule has 0 bridgehead atoms. The number of hydrogen-bond donors (Lipinski definition) is 1. The number of aromatic nitrogens is 2. The SMILES string of the molecule is COc1ccc(-c2cc3c(c4[nH]nc(C#N)c24)C=N[N]3)cc1. The van der Waals surface area contributed by atoms with Gasteiger partial charge in [0.1, 0.15) is 11.8 Å². The first kappa shape index (κ1) is 12.4. The summed E-state index contributed by atoms with van der Waals surface area (Å²) in [5.74, 6) is 0.780. The van der Waals surface area contributed by atoms with E-state index in [4.69, 9.17) is 4.74 Å². The van der Waals surface area contributed by atoms with Gasteiger partial charge >= 0.3 is 0 Å². The summed E-state index contributed by atoms with van der Waals surface area (Å²) in [5.41, 5.74) is 8.76. The molecule has 1 aliphatic heterocycles. The van der Waals surface area contributed by atoms with E-state index in [1.807, 2.05) is 30.3 Å². The van der Waals surface area contributed by atoms with Crippen LogP contribution in [0.1, 0.15) is 11.3 Å². The lowest BCUT2D eigenvalue weighted by atomic mass is 9.96. The summed E-state index contributed by atoms with van der Waals surface area (Å²) in [6, 6.07) is 11.7. The number of nitriles is 1. The van der Waals surface area contributed by atoms with E-state index in [2.05, 4.69) is 26.8 Å². The number of H-pyrrole nitrogens is 1. The molecule has 1 aliphatic rings. The molecule has 2 heterocycles. The molecule has 22 heavy (non-hydrogen) atoms. The predicted octanol–water partition coefficient (Wildman–Crippen LogP) is 2.69. The molecule has 6 heteroatoms. The lowest BCUT2D eigenvalue weighted by Crippen LogP contribution is -1.90. The van der Waals surface area contributed by atoms with Crippen molar-refractivity contribution in [2.24, 2.45) is 5.10 Å². The first-order valence-electron chi connectivity index (χ1n) is 6.65. The van der Waals surface area contributed by atoms with Crippen molar-refractivity contribution in [2.75, 3.05) is 7.11 Å². The van der Waals surface area contributed by atoms with Crippen molar-refractivity contribution in [1.29, 1.82) is 5.26 Å². The maximum Gasteiger partial charge on any atom is 0.170 e. The normalized spacial score (nSPS) is 12.0. The highest BCUT2D eigenvalue weighted by Gasteiger charge is 2.21. The molecule has 6 nitrogen and oxygen atoms in total. The number of rotatable bonds is 2. The molecule has 1 N–H and O–H groups in total. The summed E-state index contributed by atoms with van der Waals surface area (Å²) in [6.45, 7) is 0. The molecule has 0 saturated carbocycles. The Labute approximate surface area is 126 Å². The van der Waals surface area contributed by atoms with Gasteiger partial charge in [-0.25, -0.2) is 0 Å². The highest BCUT2D eigenvalue weighted by atomic mass is 16.5. The predicted molar refractivity (Wildman–Crippen MR) is 82.2 cm³/mol. The molecule has 0 unspecified atom stereocenters. The first-order chi connectivity index (χ1) is 10.8. The summed E-state index contributed by atoms with van der Waals surface area (Å²) >= 11 is 0. The molecule has 0 spiro atoms. The Balaban J connectivity index is 2.03. The Morgan fingerprint density at radius 1 is 1.23 bits per heavy atom. The van der Waals surface area contributed by atoms with Gasteiger partial charge in [0.25, 0.3) is 0 Å². The Morgan fingerprint density at radius 2 is 2.05 bits per heavy atom. The summed E-state index contributed by atoms with van der Waals surface area (Å²) in [7, 11) is 1.63. The molecular weight excluding hydrogens is 278 g/mol. The quantitative estimate of drug-likeness (QED) is 0.786. The van der Waals surface area contributed by atoms with Crippen molar-refractivity contribution in [3.8, 4) is 22.9 Å². The Morgan fingerprint density at radius 3 is 2.77 bits per heavy atom. The Hall–Kier alpha value is -3.33. The van der Waals surface area contributed by atoms with Crippen LogP contribution in [0.2, 0.25) is 0 Å². The van der Waals surface area contributed by atoms with Gasteiger partial charge in [-0.2, -0.15) is 20.9 Å². The minimum Gasteiger partial charge on any atom is -0.497 e. The van der Waals surface area contributed by atoms with Gasteiger partial charge in [0.2, 0.25) is 0 Å². The van der Waals surface area contributed by atoms with Gasteiger partial charge in [0.15, 0.2) is 5.69 Å². The molecule has 0 fully saturated rings. The van der Waals surface area contributed by atoms with Crippen LogP contribution in [0.3, 0.4) is 0 Å². The zero-order valence-electron chi connectivity index (χ0n) is 11.7. The minimum absolute atomic E-state index is 0.365. The van der Waals surface area contributed by atoms with Crippen molar-refractivity contribution < 1.29 is 4.74 Å². The van der Waals surface area contributed by atoms with Gasteiger partial charge in [0.05, 0.1) is 24.5 Å². The van der Waals surface area contributed by atoms with Gasteiger partial charge in [-0.1, -0.05) is 12.1 Å². The molecule has 4 rings (SSSR count). The molecule has 0 amide bonds. The summed E-state index contributed by atoms with van der Waals surface area (Å²) < 4.78 is 5.19. The van der Waals surface area contributed by atoms with E-state index in [0.29, 0.717) is 5.69 Å². The standard InChI is InChI=1S/C16H10N5O/c1-22-10-4-2-9(3-5-10)11-6-13-12(8-18-19-13)16-15(11)14(7-17)20-21-16/h2-6,8H,1H3,(H,20,21). The number of aromatic amines is 1. The Kier molecular flexibility index (Phi) is 2.60. The van der Waals surface area contributed by atoms with Crippen molar-refractivity contribution in [2.45, 2.75) is 0 Å². The van der Waals surface area contributed by atoms with Crippen LogP contribution in [0, 0.1) is 11.3 Å². The van der Waals surface area contributed by atoms with E-state index < -0.39 is 0 Å². The average molecular weight is 288 g/mol. The van der Waals surface area contributed by atoms with Gasteiger partial charge in [-0.05, 0) is 29.3 Å². The van der Waals surface area contributed by atoms with Crippen LogP contribution < -0.4 is 10.2 Å². The van der Waals surface area contributed by atoms with Crippen molar-refractivity contribution >= 4 is 22.8 Å². The van der Waals surface area contributed by atoms with E-state index in [1.165, 1.54) is 0 Å². The lowest BCUT2D eigenvalue weighted by Gasteiger charge is -2.08. The van der Waals surface area contributed by atoms with E-state index in [1.54, 1.807) is 13.3 Å². The zero-order valence-corrected chi connectivity index (χ0v) is 11.7. The third kappa shape index (κ3) is 1.66. The van der Waals surface area contributed by atoms with Gasteiger partial charge in [-0.15, -0.1) is 0 Å². The molecule has 0 atom stereocenters. The zero-order chi connectivity index (χ0) is 15.1. The molecule has 1 aromatic heterocycles.